The van der Waals surface area contributed by atoms with Gasteiger partial charge in [-0.25, -0.2) is 0 Å². The highest BCUT2D eigenvalue weighted by atomic mass is 16.1. The number of rotatable bonds is 2. The van der Waals surface area contributed by atoms with Crippen LogP contribution in [0.25, 0.3) is 0 Å². The number of carbonyl (C=O) groups is 1. The topological polar surface area (TPSA) is 55.1 Å². The van der Waals surface area contributed by atoms with Crippen molar-refractivity contribution >= 4 is 6.29 Å². The van der Waals surface area contributed by atoms with Gasteiger partial charge in [0.25, 0.3) is 0 Å². The molecule has 13 heavy (non-hydrogen) atoms. The van der Waals surface area contributed by atoms with Crippen LogP contribution in [0.4, 0.5) is 0 Å². The van der Waals surface area contributed by atoms with Crippen LogP contribution in [0.1, 0.15) is 32.6 Å². The van der Waals surface area contributed by atoms with E-state index in [1.807, 2.05) is 7.05 Å². The molecule has 1 saturated carbocycles. The van der Waals surface area contributed by atoms with Crippen molar-refractivity contribution in [3.8, 4) is 0 Å². The first-order valence-corrected chi connectivity index (χ1v) is 5.10. The van der Waals surface area contributed by atoms with Gasteiger partial charge in [-0.05, 0) is 32.9 Å². The Morgan fingerprint density at radius 1 is 1.54 bits per heavy atom. The Bertz CT molecular complexity index is 126. The Hall–Kier alpha value is -0.410. The van der Waals surface area contributed by atoms with Gasteiger partial charge in [-0.1, -0.05) is 13.3 Å². The molecule has 0 aromatic heterocycles. The second-order valence-corrected chi connectivity index (χ2v) is 3.53. The summed E-state index contributed by atoms with van der Waals surface area (Å²) in [6.07, 6.45) is 5.23. The lowest BCUT2D eigenvalue weighted by Gasteiger charge is -2.21. The number of carbonyl (C=O) groups excluding carboxylic acids is 1. The molecule has 3 N–H and O–H groups in total. The van der Waals surface area contributed by atoms with Gasteiger partial charge in [-0.3, -0.25) is 0 Å². The zero-order valence-corrected chi connectivity index (χ0v) is 8.75. The highest BCUT2D eigenvalue weighted by molar-refractivity contribution is 5.53. The van der Waals surface area contributed by atoms with E-state index in [9.17, 15) is 4.79 Å². The van der Waals surface area contributed by atoms with E-state index in [1.165, 1.54) is 0 Å². The van der Waals surface area contributed by atoms with E-state index in [4.69, 9.17) is 5.73 Å². The van der Waals surface area contributed by atoms with Gasteiger partial charge >= 0.3 is 0 Å². The zero-order chi connectivity index (χ0) is 10.1. The van der Waals surface area contributed by atoms with Crippen molar-refractivity contribution in [3.05, 3.63) is 0 Å². The van der Waals surface area contributed by atoms with Crippen LogP contribution in [0.15, 0.2) is 0 Å². The quantitative estimate of drug-likeness (QED) is 0.631. The van der Waals surface area contributed by atoms with Gasteiger partial charge in [0.1, 0.15) is 6.29 Å². The van der Waals surface area contributed by atoms with Crippen LogP contribution in [0.2, 0.25) is 0 Å². The number of aldehydes is 1. The first kappa shape index (κ1) is 12.6. The van der Waals surface area contributed by atoms with E-state index in [2.05, 4.69) is 12.2 Å². The maximum atomic E-state index is 10.2. The monoisotopic (exact) mass is 186 g/mol. The number of hydrogen-bond acceptors (Lipinski definition) is 3. The number of hydrogen-bond donors (Lipinski definition) is 2. The minimum Gasteiger partial charge on any atom is -0.328 e. The summed E-state index contributed by atoms with van der Waals surface area (Å²) in [4.78, 5) is 10.2. The van der Waals surface area contributed by atoms with Crippen molar-refractivity contribution < 1.29 is 4.79 Å². The van der Waals surface area contributed by atoms with Crippen molar-refractivity contribution in [1.82, 2.24) is 5.32 Å². The minimum absolute atomic E-state index is 0.258. The average Bonchev–Trinajstić information content (AvgIpc) is 2.18. The molecule has 0 spiro atoms. The third kappa shape index (κ3) is 6.72. The number of nitrogens with two attached hydrogens (primary N) is 1. The lowest BCUT2D eigenvalue weighted by atomic mass is 9.87. The van der Waals surface area contributed by atoms with Crippen LogP contribution in [-0.2, 0) is 4.79 Å². The molecular formula is C10H22N2O. The standard InChI is InChI=1S/C7H13NO.C3H9N/c8-7-3-1-2-6(4-7)5-9;1-3-4-2/h5-7H,1-4,8H2;4H,3H2,1-2H3. The third-order valence-electron chi connectivity index (χ3n) is 2.30. The molecule has 1 aliphatic carbocycles. The summed E-state index contributed by atoms with van der Waals surface area (Å²) in [5.41, 5.74) is 5.64. The molecule has 2 unspecified atom stereocenters. The summed E-state index contributed by atoms with van der Waals surface area (Å²) >= 11 is 0. The lowest BCUT2D eigenvalue weighted by molar-refractivity contribution is -0.112. The summed E-state index contributed by atoms with van der Waals surface area (Å²) in [5.74, 6) is 0.258. The Labute approximate surface area is 81.1 Å². The Kier molecular flexibility index (Phi) is 7.94. The fourth-order valence-electron chi connectivity index (χ4n) is 1.39. The average molecular weight is 186 g/mol. The summed E-state index contributed by atoms with van der Waals surface area (Å²) in [6, 6.07) is 0.286. The van der Waals surface area contributed by atoms with E-state index in [-0.39, 0.29) is 12.0 Å². The Morgan fingerprint density at radius 3 is 2.46 bits per heavy atom. The highest BCUT2D eigenvalue weighted by Gasteiger charge is 2.17. The van der Waals surface area contributed by atoms with Gasteiger partial charge in [0.15, 0.2) is 0 Å². The maximum Gasteiger partial charge on any atom is 0.123 e. The molecule has 1 fully saturated rings. The van der Waals surface area contributed by atoms with Gasteiger partial charge in [0.2, 0.25) is 0 Å². The van der Waals surface area contributed by atoms with Gasteiger partial charge in [0.05, 0.1) is 0 Å². The van der Waals surface area contributed by atoms with E-state index in [1.54, 1.807) is 0 Å². The summed E-state index contributed by atoms with van der Waals surface area (Å²) < 4.78 is 0. The van der Waals surface area contributed by atoms with Gasteiger partial charge < -0.3 is 15.8 Å². The Morgan fingerprint density at radius 2 is 2.15 bits per heavy atom. The van der Waals surface area contributed by atoms with Crippen LogP contribution < -0.4 is 11.1 Å². The van der Waals surface area contributed by atoms with Crippen LogP contribution in [-0.4, -0.2) is 25.9 Å². The smallest absolute Gasteiger partial charge is 0.123 e. The van der Waals surface area contributed by atoms with Crippen LogP contribution in [0, 0.1) is 5.92 Å². The van der Waals surface area contributed by atoms with Gasteiger partial charge in [-0.15, -0.1) is 0 Å². The number of nitrogens with one attached hydrogen (secondary N) is 1. The van der Waals surface area contributed by atoms with E-state index in [0.717, 1.165) is 38.5 Å². The van der Waals surface area contributed by atoms with Gasteiger partial charge in [0, 0.05) is 12.0 Å². The molecule has 0 saturated heterocycles. The van der Waals surface area contributed by atoms with E-state index >= 15 is 0 Å². The van der Waals surface area contributed by atoms with Crippen molar-refractivity contribution in [2.75, 3.05) is 13.6 Å². The molecule has 0 aromatic rings. The van der Waals surface area contributed by atoms with Crippen LogP contribution >= 0.6 is 0 Å². The predicted molar refractivity (Wildman–Crippen MR) is 55.6 cm³/mol. The SMILES string of the molecule is CCNC.NC1CCCC(C=O)C1. The second kappa shape index (κ2) is 8.20. The van der Waals surface area contributed by atoms with Crippen molar-refractivity contribution in [2.24, 2.45) is 11.7 Å². The van der Waals surface area contributed by atoms with Crippen molar-refractivity contribution in [1.29, 1.82) is 0 Å². The second-order valence-electron chi connectivity index (χ2n) is 3.53. The summed E-state index contributed by atoms with van der Waals surface area (Å²) in [5, 5.41) is 2.93. The van der Waals surface area contributed by atoms with Crippen molar-refractivity contribution in [3.63, 3.8) is 0 Å². The molecule has 0 heterocycles. The van der Waals surface area contributed by atoms with E-state index in [0.29, 0.717) is 0 Å². The fourth-order valence-corrected chi connectivity index (χ4v) is 1.39. The fraction of sp³-hybridized carbons (Fsp3) is 0.900. The van der Waals surface area contributed by atoms with Gasteiger partial charge in [-0.2, -0.15) is 0 Å². The summed E-state index contributed by atoms with van der Waals surface area (Å²) in [7, 11) is 1.93. The first-order chi connectivity index (χ1) is 6.24. The maximum absolute atomic E-state index is 10.2. The highest BCUT2D eigenvalue weighted by Crippen LogP contribution is 2.20. The van der Waals surface area contributed by atoms with E-state index < -0.39 is 0 Å². The van der Waals surface area contributed by atoms with Crippen LogP contribution in [0.3, 0.4) is 0 Å². The molecule has 0 aromatic carbocycles. The Balaban J connectivity index is 0.000000310. The molecule has 78 valence electrons. The molecule has 1 aliphatic rings. The molecule has 2 atom stereocenters. The molecule has 1 rings (SSSR count). The molecule has 0 amide bonds. The molecule has 3 heteroatoms. The molecule has 0 bridgehead atoms. The first-order valence-electron chi connectivity index (χ1n) is 5.10. The molecule has 0 aliphatic heterocycles. The largest absolute Gasteiger partial charge is 0.328 e. The zero-order valence-electron chi connectivity index (χ0n) is 8.75. The third-order valence-corrected chi connectivity index (χ3v) is 2.30. The molecule has 0 radical (unpaired) electrons. The molecular weight excluding hydrogens is 164 g/mol. The summed E-state index contributed by atoms with van der Waals surface area (Å²) in [6.45, 7) is 3.14. The lowest BCUT2D eigenvalue weighted by Crippen LogP contribution is -2.28. The predicted octanol–water partition coefficient (Wildman–Crippen LogP) is 0.928. The minimum atomic E-state index is 0.258. The van der Waals surface area contributed by atoms with Crippen LogP contribution in [0.5, 0.6) is 0 Å². The molecule has 3 nitrogen and oxygen atoms in total. The normalized spacial score (nSPS) is 27.3. The van der Waals surface area contributed by atoms with Crippen molar-refractivity contribution in [2.45, 2.75) is 38.6 Å².